The summed E-state index contributed by atoms with van der Waals surface area (Å²) in [7, 11) is 0. The Morgan fingerprint density at radius 2 is 1.80 bits per heavy atom. The van der Waals surface area contributed by atoms with Crippen molar-refractivity contribution >= 4 is 5.97 Å². The minimum Gasteiger partial charge on any atom is -0.407 e. The van der Waals surface area contributed by atoms with E-state index >= 15 is 0 Å². The quantitative estimate of drug-likeness (QED) is 0.499. The maximum Gasteiger partial charge on any atom is 0.333 e. The molecule has 1 unspecified atom stereocenters. The highest BCUT2D eigenvalue weighted by Crippen LogP contribution is 2.74. The van der Waals surface area contributed by atoms with Crippen molar-refractivity contribution in [2.75, 3.05) is 0 Å². The van der Waals surface area contributed by atoms with Gasteiger partial charge in [0.2, 0.25) is 0 Å². The van der Waals surface area contributed by atoms with Crippen LogP contribution < -0.4 is 0 Å². The Morgan fingerprint density at radius 3 is 2.51 bits per heavy atom. The second-order valence-corrected chi connectivity index (χ2v) is 14.4. The molecule has 0 amide bonds. The number of carbonyl (C=O) groups is 1. The first-order valence-corrected chi connectivity index (χ1v) is 14.8. The van der Waals surface area contributed by atoms with Gasteiger partial charge >= 0.3 is 11.9 Å². The lowest BCUT2D eigenvalue weighted by atomic mass is 9.43. The summed E-state index contributed by atoms with van der Waals surface area (Å²) < 4.78 is 12.4. The van der Waals surface area contributed by atoms with Gasteiger partial charge in [0.25, 0.3) is 0 Å². The predicted octanol–water partition coefficient (Wildman–Crippen LogP) is 5.67. The molecule has 7 rings (SSSR count). The molecule has 0 aromatic rings. The lowest BCUT2D eigenvalue weighted by molar-refractivity contribution is -0.481. The zero-order valence-electron chi connectivity index (χ0n) is 22.6. The summed E-state index contributed by atoms with van der Waals surface area (Å²) in [6, 6.07) is 0. The van der Waals surface area contributed by atoms with E-state index < -0.39 is 11.4 Å². The molecule has 5 nitrogen and oxygen atoms in total. The molecular weight excluding hydrogens is 440 g/mol. The molecule has 12 atom stereocenters. The van der Waals surface area contributed by atoms with Gasteiger partial charge in [-0.15, -0.1) is 0 Å². The van der Waals surface area contributed by atoms with Gasteiger partial charge in [0.05, 0.1) is 23.5 Å². The number of ether oxygens (including phenoxy) is 2. The molecule has 7 fully saturated rings. The Morgan fingerprint density at radius 1 is 1.06 bits per heavy atom. The van der Waals surface area contributed by atoms with Gasteiger partial charge in [-0.05, 0) is 111 Å². The van der Waals surface area contributed by atoms with Crippen molar-refractivity contribution in [1.82, 2.24) is 0 Å². The van der Waals surface area contributed by atoms with Crippen molar-refractivity contribution in [2.24, 2.45) is 57.7 Å². The SMILES string of the molecule is CC[C@](C)(C[C@H]1OC2(O)OC(=O)[C@H]1[C@H]1CC[C@H]3[C@@H]4CC[C@H]5C[C@@H](O)CC[C@]5(C)[C@H]4CC[C@]132)C(C)C. The maximum atomic E-state index is 13.3. The van der Waals surface area contributed by atoms with Crippen LogP contribution in [0.25, 0.3) is 0 Å². The second kappa shape index (κ2) is 7.93. The Hall–Kier alpha value is -0.650. The minimum absolute atomic E-state index is 0.0696. The number of rotatable bonds is 4. The summed E-state index contributed by atoms with van der Waals surface area (Å²) in [5, 5.41) is 22.5. The molecule has 7 aliphatic rings. The highest BCUT2D eigenvalue weighted by molar-refractivity contribution is 5.76. The number of carbonyl (C=O) groups excluding carboxylic acids is 1. The van der Waals surface area contributed by atoms with E-state index in [2.05, 4.69) is 34.6 Å². The smallest absolute Gasteiger partial charge is 0.333 e. The van der Waals surface area contributed by atoms with Gasteiger partial charge in [-0.3, -0.25) is 4.79 Å². The molecule has 4 aliphatic carbocycles. The molecule has 3 heterocycles. The van der Waals surface area contributed by atoms with Gasteiger partial charge in [-0.25, -0.2) is 0 Å². The van der Waals surface area contributed by atoms with E-state index in [4.69, 9.17) is 9.47 Å². The average Bonchev–Trinajstić information content (AvgIpc) is 3.21. The minimum atomic E-state index is -1.77. The van der Waals surface area contributed by atoms with Crippen LogP contribution in [0.4, 0.5) is 0 Å². The largest absolute Gasteiger partial charge is 0.407 e. The molecule has 1 spiro atoms. The summed E-state index contributed by atoms with van der Waals surface area (Å²) in [5.74, 6) is 0.596. The van der Waals surface area contributed by atoms with Crippen molar-refractivity contribution in [3.63, 3.8) is 0 Å². The van der Waals surface area contributed by atoms with E-state index in [1.54, 1.807) is 0 Å². The van der Waals surface area contributed by atoms with Gasteiger partial charge in [0, 0.05) is 0 Å². The lowest BCUT2D eigenvalue weighted by Gasteiger charge is -2.67. The normalized spacial score (nSPS) is 54.3. The molecule has 5 heteroatoms. The van der Waals surface area contributed by atoms with Gasteiger partial charge < -0.3 is 19.7 Å². The molecule has 3 saturated heterocycles. The Kier molecular flexibility index (Phi) is 5.59. The van der Waals surface area contributed by atoms with Crippen LogP contribution >= 0.6 is 0 Å². The Bertz CT molecular complexity index is 873. The number of fused-ring (bicyclic) bond motifs is 6. The van der Waals surface area contributed by atoms with Crippen LogP contribution in [0.5, 0.6) is 0 Å². The standard InChI is InChI=1S/C30H48O5/c1-6-27(4,17(2)3)16-24-25-23-10-9-22-20-8-7-18-15-19(31)11-13-28(18,5)21(20)12-14-29(22,23)30(33,34-24)35-26(25)32/h17-25,31,33H,6-16H2,1-5H3/t18-,19-,20+,21-,22-,23+,24+,25-,27+,28-,29+,30?/m0/s1. The monoisotopic (exact) mass is 488 g/mol. The fourth-order valence-corrected chi connectivity index (χ4v) is 10.8. The molecular formula is C30H48O5. The maximum absolute atomic E-state index is 13.3. The number of hydrogen-bond acceptors (Lipinski definition) is 5. The van der Waals surface area contributed by atoms with Crippen LogP contribution in [0.1, 0.15) is 105 Å². The van der Waals surface area contributed by atoms with Crippen LogP contribution in [0.15, 0.2) is 0 Å². The average molecular weight is 489 g/mol. The van der Waals surface area contributed by atoms with Crippen LogP contribution in [-0.4, -0.2) is 34.4 Å². The first-order chi connectivity index (χ1) is 16.5. The van der Waals surface area contributed by atoms with Crippen molar-refractivity contribution < 1.29 is 24.5 Å². The van der Waals surface area contributed by atoms with Crippen LogP contribution in [0.3, 0.4) is 0 Å². The van der Waals surface area contributed by atoms with Crippen molar-refractivity contribution in [1.29, 1.82) is 0 Å². The summed E-state index contributed by atoms with van der Waals surface area (Å²) in [4.78, 5) is 13.3. The van der Waals surface area contributed by atoms with Crippen LogP contribution in [0.2, 0.25) is 0 Å². The summed E-state index contributed by atoms with van der Waals surface area (Å²) in [6.07, 6.45) is 10.9. The number of hydrogen-bond donors (Lipinski definition) is 2. The van der Waals surface area contributed by atoms with Gasteiger partial charge in [0.1, 0.15) is 0 Å². The number of aliphatic hydroxyl groups is 2. The molecule has 2 bridgehead atoms. The Labute approximate surface area is 211 Å². The van der Waals surface area contributed by atoms with Crippen molar-refractivity contribution in [2.45, 2.75) is 123 Å². The molecule has 4 saturated carbocycles. The highest BCUT2D eigenvalue weighted by Gasteiger charge is 2.78. The molecule has 0 radical (unpaired) electrons. The number of esters is 1. The second-order valence-electron chi connectivity index (χ2n) is 14.4. The fourth-order valence-electron chi connectivity index (χ4n) is 10.8. The van der Waals surface area contributed by atoms with Crippen LogP contribution in [-0.2, 0) is 14.3 Å². The molecule has 0 aromatic carbocycles. The zero-order valence-corrected chi connectivity index (χ0v) is 22.6. The third kappa shape index (κ3) is 3.13. The first-order valence-electron chi connectivity index (χ1n) is 14.8. The zero-order chi connectivity index (χ0) is 25.0. The van der Waals surface area contributed by atoms with E-state index in [-0.39, 0.29) is 35.4 Å². The van der Waals surface area contributed by atoms with E-state index in [0.29, 0.717) is 35.0 Å². The topological polar surface area (TPSA) is 76.0 Å². The summed E-state index contributed by atoms with van der Waals surface area (Å²) >= 11 is 0. The van der Waals surface area contributed by atoms with E-state index in [9.17, 15) is 15.0 Å². The Balaban J connectivity index is 1.32. The van der Waals surface area contributed by atoms with Gasteiger partial charge in [-0.2, -0.15) is 0 Å². The summed E-state index contributed by atoms with van der Waals surface area (Å²) in [6.45, 7) is 11.5. The molecule has 0 aromatic heterocycles. The van der Waals surface area contributed by atoms with Gasteiger partial charge in [0.15, 0.2) is 0 Å². The molecule has 2 N–H and O–H groups in total. The lowest BCUT2D eigenvalue weighted by Crippen LogP contribution is -2.74. The van der Waals surface area contributed by atoms with E-state index in [0.717, 1.165) is 57.8 Å². The first kappa shape index (κ1) is 24.7. The molecule has 3 aliphatic heterocycles. The highest BCUT2D eigenvalue weighted by atomic mass is 16.8. The fraction of sp³-hybridized carbons (Fsp3) is 0.967. The third-order valence-electron chi connectivity index (χ3n) is 13.3. The van der Waals surface area contributed by atoms with Crippen molar-refractivity contribution in [3.8, 4) is 0 Å². The number of aliphatic hydroxyl groups excluding tert-OH is 1. The van der Waals surface area contributed by atoms with Crippen LogP contribution in [0, 0.1) is 57.7 Å². The predicted molar refractivity (Wildman–Crippen MR) is 133 cm³/mol. The summed E-state index contributed by atoms with van der Waals surface area (Å²) in [5.41, 5.74) is -0.0837. The van der Waals surface area contributed by atoms with E-state index in [1.165, 1.54) is 12.8 Å². The molecule has 198 valence electrons. The molecule has 35 heavy (non-hydrogen) atoms. The van der Waals surface area contributed by atoms with Crippen molar-refractivity contribution in [3.05, 3.63) is 0 Å². The third-order valence-corrected chi connectivity index (χ3v) is 13.3. The van der Waals surface area contributed by atoms with E-state index in [1.807, 2.05) is 0 Å². The van der Waals surface area contributed by atoms with Gasteiger partial charge in [-0.1, -0.05) is 41.0 Å².